The number of nitrogens with one attached hydrogen (secondary N) is 2. The van der Waals surface area contributed by atoms with Crippen LogP contribution in [0.15, 0.2) is 48.5 Å². The Morgan fingerprint density at radius 2 is 1.92 bits per heavy atom. The Hall–Kier alpha value is -3.10. The molecule has 8 nitrogen and oxygen atoms in total. The highest BCUT2D eigenvalue weighted by Gasteiger charge is 2.31. The van der Waals surface area contributed by atoms with Crippen molar-refractivity contribution < 1.29 is 19.4 Å². The van der Waals surface area contributed by atoms with E-state index in [1.165, 1.54) is 5.56 Å². The van der Waals surface area contributed by atoms with Gasteiger partial charge in [-0.05, 0) is 51.6 Å². The minimum atomic E-state index is -0.303. The Morgan fingerprint density at radius 1 is 1.19 bits per heavy atom. The van der Waals surface area contributed by atoms with E-state index in [2.05, 4.69) is 41.6 Å². The maximum absolute atomic E-state index is 13.3. The average Bonchev–Trinajstić information content (AvgIpc) is 2.86. The lowest BCUT2D eigenvalue weighted by Gasteiger charge is -2.34. The van der Waals surface area contributed by atoms with Crippen LogP contribution in [0, 0.1) is 5.92 Å². The van der Waals surface area contributed by atoms with Crippen LogP contribution in [0.25, 0.3) is 0 Å². The number of amides is 3. The maximum atomic E-state index is 13.3. The van der Waals surface area contributed by atoms with Crippen molar-refractivity contribution >= 4 is 17.6 Å². The third-order valence-corrected chi connectivity index (χ3v) is 6.38. The molecule has 0 radical (unpaired) electrons. The van der Waals surface area contributed by atoms with Gasteiger partial charge in [0.2, 0.25) is 5.91 Å². The number of hydrogen-bond acceptors (Lipinski definition) is 5. The second kappa shape index (κ2) is 12.7. The van der Waals surface area contributed by atoms with Crippen molar-refractivity contribution in [2.45, 2.75) is 58.8 Å². The molecule has 0 unspecified atom stereocenters. The summed E-state index contributed by atoms with van der Waals surface area (Å²) in [4.78, 5) is 29.5. The predicted octanol–water partition coefficient (Wildman–Crippen LogP) is 3.50. The van der Waals surface area contributed by atoms with Crippen molar-refractivity contribution in [2.24, 2.45) is 5.92 Å². The monoisotopic (exact) mass is 496 g/mol. The van der Waals surface area contributed by atoms with E-state index in [1.807, 2.05) is 45.0 Å². The van der Waals surface area contributed by atoms with Crippen LogP contribution < -0.4 is 15.4 Å². The minimum absolute atomic E-state index is 0.00594. The minimum Gasteiger partial charge on any atom is -0.488 e. The summed E-state index contributed by atoms with van der Waals surface area (Å²) >= 11 is 0. The summed E-state index contributed by atoms with van der Waals surface area (Å²) in [5.41, 5.74) is 2.52. The van der Waals surface area contributed by atoms with Gasteiger partial charge in [-0.2, -0.15) is 0 Å². The fourth-order valence-electron chi connectivity index (χ4n) is 4.42. The van der Waals surface area contributed by atoms with Crippen LogP contribution in [0.2, 0.25) is 0 Å². The van der Waals surface area contributed by atoms with Gasteiger partial charge in [-0.15, -0.1) is 0 Å². The predicted molar refractivity (Wildman–Crippen MR) is 142 cm³/mol. The smallest absolute Gasteiger partial charge is 0.319 e. The second-order valence-electron chi connectivity index (χ2n) is 10.1. The molecule has 196 valence electrons. The Balaban J connectivity index is 1.87. The molecule has 3 amide bonds. The fourth-order valence-corrected chi connectivity index (χ4v) is 4.42. The van der Waals surface area contributed by atoms with Gasteiger partial charge in [0.1, 0.15) is 11.9 Å². The van der Waals surface area contributed by atoms with E-state index in [4.69, 9.17) is 4.74 Å². The highest BCUT2D eigenvalue weighted by molar-refractivity contribution is 5.90. The van der Waals surface area contributed by atoms with Crippen LogP contribution in [0.1, 0.15) is 38.8 Å². The van der Waals surface area contributed by atoms with Gasteiger partial charge in [-0.1, -0.05) is 37.3 Å². The van der Waals surface area contributed by atoms with Crippen molar-refractivity contribution in [3.05, 3.63) is 59.7 Å². The second-order valence-corrected chi connectivity index (χ2v) is 10.1. The van der Waals surface area contributed by atoms with Gasteiger partial charge in [0, 0.05) is 42.8 Å². The Labute approximate surface area is 214 Å². The number of anilines is 1. The number of carbonyl (C=O) groups excluding carboxylic acids is 2. The molecule has 1 aliphatic heterocycles. The molecule has 1 aliphatic rings. The lowest BCUT2D eigenvalue weighted by molar-refractivity contribution is -0.134. The van der Waals surface area contributed by atoms with Crippen molar-refractivity contribution in [3.63, 3.8) is 0 Å². The number of likely N-dealkylation sites (N-methyl/N-ethyl adjacent to an activating group) is 1. The van der Waals surface area contributed by atoms with Gasteiger partial charge in [-0.3, -0.25) is 9.69 Å². The first-order valence-electron chi connectivity index (χ1n) is 12.7. The molecule has 0 bridgehead atoms. The van der Waals surface area contributed by atoms with Crippen LogP contribution in [0.4, 0.5) is 10.5 Å². The van der Waals surface area contributed by atoms with Gasteiger partial charge >= 0.3 is 6.03 Å². The van der Waals surface area contributed by atoms with E-state index >= 15 is 0 Å². The van der Waals surface area contributed by atoms with Crippen molar-refractivity contribution in [2.75, 3.05) is 32.1 Å². The zero-order valence-electron chi connectivity index (χ0n) is 22.0. The molecule has 2 aromatic rings. The number of aliphatic hydroxyl groups is 1. The maximum Gasteiger partial charge on any atom is 0.319 e. The number of aliphatic hydroxyl groups excluding tert-OH is 1. The van der Waals surface area contributed by atoms with Crippen LogP contribution in [-0.2, 0) is 17.8 Å². The highest BCUT2D eigenvalue weighted by atomic mass is 16.5. The van der Waals surface area contributed by atoms with E-state index in [0.717, 1.165) is 6.54 Å². The number of benzene rings is 2. The van der Waals surface area contributed by atoms with Gasteiger partial charge in [-0.25, -0.2) is 4.79 Å². The summed E-state index contributed by atoms with van der Waals surface area (Å²) in [6.07, 6.45) is -0.0555. The summed E-state index contributed by atoms with van der Waals surface area (Å²) in [7, 11) is 2.07. The number of nitrogens with zero attached hydrogens (tertiary/aromatic N) is 2. The normalized spacial score (nSPS) is 19.1. The third kappa shape index (κ3) is 7.70. The van der Waals surface area contributed by atoms with Crippen molar-refractivity contribution in [1.82, 2.24) is 15.1 Å². The summed E-state index contributed by atoms with van der Waals surface area (Å²) in [6, 6.07) is 15.1. The number of carbonyl (C=O) groups is 2. The number of ether oxygens (including phenoxy) is 1. The van der Waals surface area contributed by atoms with Crippen LogP contribution >= 0.6 is 0 Å². The lowest BCUT2D eigenvalue weighted by atomic mass is 10.0. The molecule has 0 saturated carbocycles. The van der Waals surface area contributed by atoms with E-state index in [-0.39, 0.29) is 49.1 Å². The molecule has 0 fully saturated rings. The average molecular weight is 497 g/mol. The van der Waals surface area contributed by atoms with Gasteiger partial charge < -0.3 is 25.4 Å². The number of fused-ring (bicyclic) bond motifs is 1. The summed E-state index contributed by atoms with van der Waals surface area (Å²) in [5.74, 6) is 0.596. The highest BCUT2D eigenvalue weighted by Crippen LogP contribution is 2.29. The molecule has 3 N–H and O–H groups in total. The molecule has 0 aliphatic carbocycles. The van der Waals surface area contributed by atoms with Gasteiger partial charge in [0.05, 0.1) is 19.1 Å². The van der Waals surface area contributed by atoms with E-state index < -0.39 is 0 Å². The quantitative estimate of drug-likeness (QED) is 0.520. The Kier molecular flexibility index (Phi) is 9.73. The van der Waals surface area contributed by atoms with Crippen molar-refractivity contribution in [1.29, 1.82) is 0 Å². The molecule has 0 aromatic heterocycles. The van der Waals surface area contributed by atoms with E-state index in [1.54, 1.807) is 17.0 Å². The van der Waals surface area contributed by atoms with Gasteiger partial charge in [0.15, 0.2) is 0 Å². The number of rotatable bonds is 8. The first kappa shape index (κ1) is 27.5. The van der Waals surface area contributed by atoms with E-state index in [0.29, 0.717) is 30.1 Å². The Morgan fingerprint density at radius 3 is 2.58 bits per heavy atom. The molecule has 36 heavy (non-hydrogen) atoms. The standard InChI is InChI=1S/C28H40N4O4/c1-19(2)29-28(35)30-24-11-12-25-23(13-24)14-27(34)32(21(4)18-33)15-20(3)26(36-25)17-31(5)16-22-9-7-6-8-10-22/h6-13,19-21,26,33H,14-18H2,1-5H3,(H2,29,30,35)/t20-,21+,26+/m0/s1. The molecule has 8 heteroatoms. The first-order valence-corrected chi connectivity index (χ1v) is 12.7. The lowest BCUT2D eigenvalue weighted by Crippen LogP contribution is -2.47. The summed E-state index contributed by atoms with van der Waals surface area (Å²) in [6.45, 7) is 9.55. The van der Waals surface area contributed by atoms with Crippen LogP contribution in [0.3, 0.4) is 0 Å². The Bertz CT molecular complexity index is 1010. The SMILES string of the molecule is CC(C)NC(=O)Nc1ccc2c(c1)CC(=O)N([C@H](C)CO)C[C@H](C)[C@@H](CN(C)Cc1ccccc1)O2. The summed E-state index contributed by atoms with van der Waals surface area (Å²) in [5, 5.41) is 15.5. The van der Waals surface area contributed by atoms with Crippen LogP contribution in [0.5, 0.6) is 5.75 Å². The summed E-state index contributed by atoms with van der Waals surface area (Å²) < 4.78 is 6.56. The number of hydrogen-bond donors (Lipinski definition) is 3. The molecule has 0 saturated heterocycles. The van der Waals surface area contributed by atoms with Gasteiger partial charge in [0.25, 0.3) is 0 Å². The molecule has 0 spiro atoms. The molecule has 3 atom stereocenters. The molecular formula is C28H40N4O4. The van der Waals surface area contributed by atoms with Crippen molar-refractivity contribution in [3.8, 4) is 5.75 Å². The topological polar surface area (TPSA) is 94.1 Å². The molecule has 3 rings (SSSR count). The largest absolute Gasteiger partial charge is 0.488 e. The number of urea groups is 1. The van der Waals surface area contributed by atoms with E-state index in [9.17, 15) is 14.7 Å². The first-order chi connectivity index (χ1) is 17.2. The van der Waals surface area contributed by atoms with Crippen LogP contribution in [-0.4, -0.2) is 71.8 Å². The third-order valence-electron chi connectivity index (χ3n) is 6.38. The molecule has 1 heterocycles. The zero-order chi connectivity index (χ0) is 26.2. The molecular weight excluding hydrogens is 456 g/mol. The zero-order valence-corrected chi connectivity index (χ0v) is 22.0. The molecule has 2 aromatic carbocycles. The fraction of sp³-hybridized carbons (Fsp3) is 0.500.